The van der Waals surface area contributed by atoms with Crippen molar-refractivity contribution < 1.29 is 9.63 Å². The maximum absolute atomic E-state index is 10.5. The van der Waals surface area contributed by atoms with Crippen molar-refractivity contribution in [3.63, 3.8) is 0 Å². The molecule has 2 aromatic rings. The summed E-state index contributed by atoms with van der Waals surface area (Å²) in [7, 11) is 0. The number of aromatic nitrogens is 2. The van der Waals surface area contributed by atoms with Gasteiger partial charge in [0.15, 0.2) is 0 Å². The molecular formula is C14H17N3O2. The Kier molecular flexibility index (Phi) is 3.08. The minimum absolute atomic E-state index is 0.324. The van der Waals surface area contributed by atoms with Gasteiger partial charge in [0.2, 0.25) is 5.82 Å². The van der Waals surface area contributed by atoms with Crippen LogP contribution in [-0.2, 0) is 5.60 Å². The number of piperidine rings is 1. The quantitative estimate of drug-likeness (QED) is 0.857. The first-order valence-electron chi connectivity index (χ1n) is 6.52. The Labute approximate surface area is 111 Å². The summed E-state index contributed by atoms with van der Waals surface area (Å²) < 4.78 is 5.25. The van der Waals surface area contributed by atoms with Crippen molar-refractivity contribution in [1.29, 1.82) is 0 Å². The van der Waals surface area contributed by atoms with Crippen LogP contribution in [0, 0.1) is 6.92 Å². The summed E-state index contributed by atoms with van der Waals surface area (Å²) in [5, 5.41) is 17.7. The number of hydrogen-bond acceptors (Lipinski definition) is 5. The van der Waals surface area contributed by atoms with E-state index in [9.17, 15) is 5.11 Å². The highest BCUT2D eigenvalue weighted by Gasteiger charge is 2.37. The smallest absolute Gasteiger partial charge is 0.259 e. The Hall–Kier alpha value is -1.72. The molecule has 0 saturated carbocycles. The molecule has 1 aromatic carbocycles. The van der Waals surface area contributed by atoms with Gasteiger partial charge in [-0.05, 0) is 32.9 Å². The van der Waals surface area contributed by atoms with E-state index in [1.165, 1.54) is 5.56 Å². The van der Waals surface area contributed by atoms with Gasteiger partial charge in [-0.25, -0.2) is 0 Å². The number of benzene rings is 1. The van der Waals surface area contributed by atoms with Gasteiger partial charge < -0.3 is 14.9 Å². The lowest BCUT2D eigenvalue weighted by molar-refractivity contribution is -0.0228. The summed E-state index contributed by atoms with van der Waals surface area (Å²) >= 11 is 0. The third-order valence-electron chi connectivity index (χ3n) is 3.56. The third-order valence-corrected chi connectivity index (χ3v) is 3.56. The molecule has 1 saturated heterocycles. The van der Waals surface area contributed by atoms with Gasteiger partial charge >= 0.3 is 0 Å². The molecule has 5 nitrogen and oxygen atoms in total. The van der Waals surface area contributed by atoms with Crippen LogP contribution in [0.1, 0.15) is 24.3 Å². The molecule has 19 heavy (non-hydrogen) atoms. The lowest BCUT2D eigenvalue weighted by Crippen LogP contribution is -2.39. The number of nitrogens with one attached hydrogen (secondary N) is 1. The second kappa shape index (κ2) is 4.75. The van der Waals surface area contributed by atoms with E-state index in [1.54, 1.807) is 0 Å². The Morgan fingerprint density at radius 3 is 2.58 bits per heavy atom. The van der Waals surface area contributed by atoms with Crippen molar-refractivity contribution in [2.24, 2.45) is 0 Å². The van der Waals surface area contributed by atoms with Crippen LogP contribution in [0.25, 0.3) is 11.4 Å². The van der Waals surface area contributed by atoms with Crippen molar-refractivity contribution in [3.8, 4) is 11.4 Å². The van der Waals surface area contributed by atoms with E-state index in [2.05, 4.69) is 15.5 Å². The van der Waals surface area contributed by atoms with Crippen LogP contribution in [0.2, 0.25) is 0 Å². The van der Waals surface area contributed by atoms with Crippen LogP contribution < -0.4 is 5.32 Å². The van der Waals surface area contributed by atoms with E-state index in [0.717, 1.165) is 18.7 Å². The molecule has 0 aliphatic carbocycles. The van der Waals surface area contributed by atoms with E-state index in [4.69, 9.17) is 4.52 Å². The zero-order valence-electron chi connectivity index (χ0n) is 10.9. The van der Waals surface area contributed by atoms with E-state index in [0.29, 0.717) is 24.6 Å². The van der Waals surface area contributed by atoms with Gasteiger partial charge in [-0.2, -0.15) is 4.98 Å². The lowest BCUT2D eigenvalue weighted by atomic mass is 9.92. The van der Waals surface area contributed by atoms with Gasteiger partial charge in [-0.3, -0.25) is 0 Å². The maximum atomic E-state index is 10.5. The predicted molar refractivity (Wildman–Crippen MR) is 70.5 cm³/mol. The average Bonchev–Trinajstić information content (AvgIpc) is 2.91. The molecule has 5 heteroatoms. The number of aryl methyl sites for hydroxylation is 1. The number of hydrogen-bond donors (Lipinski definition) is 2. The van der Waals surface area contributed by atoms with Crippen molar-refractivity contribution in [2.45, 2.75) is 25.4 Å². The highest BCUT2D eigenvalue weighted by molar-refractivity contribution is 5.54. The van der Waals surface area contributed by atoms with E-state index in [1.807, 2.05) is 31.2 Å². The lowest BCUT2D eigenvalue weighted by Gasteiger charge is -2.28. The predicted octanol–water partition coefficient (Wildman–Crippen LogP) is 1.62. The second-order valence-electron chi connectivity index (χ2n) is 5.07. The molecule has 0 spiro atoms. The normalized spacial score (nSPS) is 18.4. The summed E-state index contributed by atoms with van der Waals surface area (Å²) in [6, 6.07) is 7.92. The second-order valence-corrected chi connectivity index (χ2v) is 5.07. The Morgan fingerprint density at radius 1 is 1.21 bits per heavy atom. The van der Waals surface area contributed by atoms with Crippen LogP contribution >= 0.6 is 0 Å². The standard InChI is InChI=1S/C14H17N3O2/c1-10-2-4-11(5-3-10)12-16-13(19-17-12)14(18)6-8-15-9-7-14/h2-5,15,18H,6-9H2,1H3. The van der Waals surface area contributed by atoms with Crippen molar-refractivity contribution in [3.05, 3.63) is 35.7 Å². The largest absolute Gasteiger partial charge is 0.380 e. The number of rotatable bonds is 2. The summed E-state index contributed by atoms with van der Waals surface area (Å²) in [6.07, 6.45) is 1.20. The van der Waals surface area contributed by atoms with E-state index < -0.39 is 5.60 Å². The van der Waals surface area contributed by atoms with Crippen LogP contribution in [0.15, 0.2) is 28.8 Å². The van der Waals surface area contributed by atoms with E-state index in [-0.39, 0.29) is 0 Å². The monoisotopic (exact) mass is 259 g/mol. The maximum Gasteiger partial charge on any atom is 0.259 e. The molecule has 1 fully saturated rings. The highest BCUT2D eigenvalue weighted by atomic mass is 16.5. The van der Waals surface area contributed by atoms with Crippen molar-refractivity contribution >= 4 is 0 Å². The molecule has 0 bridgehead atoms. The summed E-state index contributed by atoms with van der Waals surface area (Å²) in [5.41, 5.74) is 1.10. The van der Waals surface area contributed by atoms with E-state index >= 15 is 0 Å². The molecule has 0 atom stereocenters. The number of nitrogens with zero attached hydrogens (tertiary/aromatic N) is 2. The van der Waals surface area contributed by atoms with Crippen molar-refractivity contribution in [1.82, 2.24) is 15.5 Å². The van der Waals surface area contributed by atoms with Gasteiger partial charge in [0.25, 0.3) is 5.89 Å². The summed E-state index contributed by atoms with van der Waals surface area (Å²) in [5.74, 6) is 0.853. The fourth-order valence-corrected chi connectivity index (χ4v) is 2.29. The molecule has 1 aromatic heterocycles. The molecule has 0 radical (unpaired) electrons. The van der Waals surface area contributed by atoms with Crippen LogP contribution in [0.5, 0.6) is 0 Å². The first-order valence-corrected chi connectivity index (χ1v) is 6.52. The molecule has 1 aliphatic heterocycles. The van der Waals surface area contributed by atoms with Gasteiger partial charge in [0, 0.05) is 5.56 Å². The first kappa shape index (κ1) is 12.3. The molecular weight excluding hydrogens is 242 g/mol. The fourth-order valence-electron chi connectivity index (χ4n) is 2.29. The average molecular weight is 259 g/mol. The van der Waals surface area contributed by atoms with Gasteiger partial charge in [-0.1, -0.05) is 35.0 Å². The van der Waals surface area contributed by atoms with Gasteiger partial charge in [0.1, 0.15) is 5.60 Å². The Balaban J connectivity index is 1.88. The van der Waals surface area contributed by atoms with Gasteiger partial charge in [-0.15, -0.1) is 0 Å². The molecule has 3 rings (SSSR count). The molecule has 2 heterocycles. The topological polar surface area (TPSA) is 71.2 Å². The Bertz CT molecular complexity index is 556. The fraction of sp³-hybridized carbons (Fsp3) is 0.429. The SMILES string of the molecule is Cc1ccc(-c2noc(C3(O)CCNCC3)n2)cc1. The highest BCUT2D eigenvalue weighted by Crippen LogP contribution is 2.30. The third kappa shape index (κ3) is 2.39. The zero-order valence-corrected chi connectivity index (χ0v) is 10.9. The van der Waals surface area contributed by atoms with Gasteiger partial charge in [0.05, 0.1) is 0 Å². The summed E-state index contributed by atoms with van der Waals surface area (Å²) in [6.45, 7) is 3.56. The minimum Gasteiger partial charge on any atom is -0.380 e. The van der Waals surface area contributed by atoms with Crippen LogP contribution in [-0.4, -0.2) is 28.3 Å². The van der Waals surface area contributed by atoms with Crippen LogP contribution in [0.3, 0.4) is 0 Å². The Morgan fingerprint density at radius 2 is 1.89 bits per heavy atom. The molecule has 100 valence electrons. The minimum atomic E-state index is -0.985. The summed E-state index contributed by atoms with van der Waals surface area (Å²) in [4.78, 5) is 4.35. The first-order chi connectivity index (χ1) is 9.17. The molecule has 0 unspecified atom stereocenters. The zero-order chi connectivity index (χ0) is 13.3. The molecule has 2 N–H and O–H groups in total. The molecule has 1 aliphatic rings. The molecule has 0 amide bonds. The number of aliphatic hydroxyl groups is 1. The van der Waals surface area contributed by atoms with Crippen molar-refractivity contribution in [2.75, 3.05) is 13.1 Å². The van der Waals surface area contributed by atoms with Crippen LogP contribution in [0.4, 0.5) is 0 Å².